The quantitative estimate of drug-likeness (QED) is 0.893. The Kier molecular flexibility index (Phi) is 4.24. The molecule has 104 valence electrons. The molecule has 6 heteroatoms. The number of amides is 1. The number of nitrogens with zero attached hydrogens (tertiary/aromatic N) is 2. The largest absolute Gasteiger partial charge is 0.371 e. The van der Waals surface area contributed by atoms with E-state index in [1.165, 1.54) is 12.3 Å². The van der Waals surface area contributed by atoms with Gasteiger partial charge in [-0.05, 0) is 30.2 Å². The smallest absolute Gasteiger partial charge is 0.254 e. The number of pyridine rings is 2. The molecule has 0 atom stereocenters. The van der Waals surface area contributed by atoms with Crippen LogP contribution in [0.1, 0.15) is 21.5 Å². The van der Waals surface area contributed by atoms with E-state index >= 15 is 0 Å². The molecule has 2 N–H and O–H groups in total. The lowest BCUT2D eigenvalue weighted by Gasteiger charge is -2.09. The maximum atomic E-state index is 13.9. The van der Waals surface area contributed by atoms with Crippen molar-refractivity contribution in [2.75, 3.05) is 12.4 Å². The first-order valence-electron chi connectivity index (χ1n) is 6.13. The van der Waals surface area contributed by atoms with E-state index in [-0.39, 0.29) is 11.4 Å². The van der Waals surface area contributed by atoms with Crippen LogP contribution in [0.25, 0.3) is 0 Å². The van der Waals surface area contributed by atoms with Gasteiger partial charge >= 0.3 is 0 Å². The van der Waals surface area contributed by atoms with Crippen molar-refractivity contribution in [1.82, 2.24) is 15.3 Å². The predicted molar refractivity (Wildman–Crippen MR) is 73.9 cm³/mol. The minimum atomic E-state index is -0.654. The van der Waals surface area contributed by atoms with Crippen molar-refractivity contribution < 1.29 is 9.18 Å². The topological polar surface area (TPSA) is 66.9 Å². The average Bonchev–Trinajstić information content (AvgIpc) is 2.46. The van der Waals surface area contributed by atoms with Crippen LogP contribution < -0.4 is 10.6 Å². The Morgan fingerprint density at radius 2 is 2.15 bits per heavy atom. The van der Waals surface area contributed by atoms with Crippen LogP contribution in [0.15, 0.2) is 30.7 Å². The summed E-state index contributed by atoms with van der Waals surface area (Å²) in [7, 11) is 1.55. The van der Waals surface area contributed by atoms with Crippen molar-refractivity contribution >= 4 is 11.7 Å². The summed E-state index contributed by atoms with van der Waals surface area (Å²) in [4.78, 5) is 19.8. The number of hydrogen-bond donors (Lipinski definition) is 2. The molecular weight excluding hydrogens is 259 g/mol. The molecule has 0 saturated carbocycles. The summed E-state index contributed by atoms with van der Waals surface area (Å²) in [5, 5.41) is 5.28. The fourth-order valence-corrected chi connectivity index (χ4v) is 1.76. The highest BCUT2D eigenvalue weighted by Gasteiger charge is 2.15. The van der Waals surface area contributed by atoms with Crippen molar-refractivity contribution in [2.45, 2.75) is 13.5 Å². The molecule has 2 aromatic heterocycles. The summed E-state index contributed by atoms with van der Waals surface area (Å²) in [5.74, 6) is -1.07. The lowest BCUT2D eigenvalue weighted by atomic mass is 10.1. The van der Waals surface area contributed by atoms with Gasteiger partial charge in [0.2, 0.25) is 0 Å². The Hall–Kier alpha value is -2.50. The molecule has 0 aliphatic rings. The van der Waals surface area contributed by atoms with Crippen LogP contribution in [0.2, 0.25) is 0 Å². The molecular formula is C14H15FN4O. The van der Waals surface area contributed by atoms with E-state index in [1.54, 1.807) is 19.4 Å². The van der Waals surface area contributed by atoms with Gasteiger partial charge in [0.05, 0.1) is 5.56 Å². The number of carbonyl (C=O) groups excluding carboxylic acids is 1. The molecule has 0 aliphatic heterocycles. The summed E-state index contributed by atoms with van der Waals surface area (Å²) in [6, 6.07) is 3.17. The minimum Gasteiger partial charge on any atom is -0.371 e. The molecule has 5 nitrogen and oxygen atoms in total. The summed E-state index contributed by atoms with van der Waals surface area (Å²) in [6.07, 6.45) is 4.76. The molecule has 2 heterocycles. The van der Waals surface area contributed by atoms with E-state index in [4.69, 9.17) is 0 Å². The molecule has 0 unspecified atom stereocenters. The van der Waals surface area contributed by atoms with Gasteiger partial charge in [0.25, 0.3) is 5.91 Å². The number of nitrogens with one attached hydrogen (secondary N) is 2. The van der Waals surface area contributed by atoms with Gasteiger partial charge in [0.1, 0.15) is 0 Å². The third kappa shape index (κ3) is 2.90. The van der Waals surface area contributed by atoms with Crippen molar-refractivity contribution in [3.05, 3.63) is 53.2 Å². The Bertz CT molecular complexity index is 630. The van der Waals surface area contributed by atoms with Gasteiger partial charge in [0, 0.05) is 32.2 Å². The van der Waals surface area contributed by atoms with E-state index in [9.17, 15) is 9.18 Å². The van der Waals surface area contributed by atoms with Gasteiger partial charge in [-0.15, -0.1) is 0 Å². The first-order chi connectivity index (χ1) is 9.63. The van der Waals surface area contributed by atoms with E-state index < -0.39 is 11.7 Å². The second-order valence-corrected chi connectivity index (χ2v) is 4.26. The molecule has 0 spiro atoms. The zero-order chi connectivity index (χ0) is 14.5. The highest BCUT2D eigenvalue weighted by atomic mass is 19.1. The van der Waals surface area contributed by atoms with E-state index in [0.717, 1.165) is 11.1 Å². The highest BCUT2D eigenvalue weighted by molar-refractivity contribution is 5.95. The second-order valence-electron chi connectivity index (χ2n) is 4.26. The van der Waals surface area contributed by atoms with E-state index in [2.05, 4.69) is 20.6 Å². The van der Waals surface area contributed by atoms with Gasteiger partial charge in [-0.3, -0.25) is 9.78 Å². The van der Waals surface area contributed by atoms with Crippen LogP contribution in [-0.2, 0) is 6.54 Å². The molecule has 0 aromatic carbocycles. The Morgan fingerprint density at radius 1 is 1.35 bits per heavy atom. The second kappa shape index (κ2) is 6.10. The Morgan fingerprint density at radius 3 is 2.85 bits per heavy atom. The van der Waals surface area contributed by atoms with Crippen molar-refractivity contribution in [3.8, 4) is 0 Å². The first kappa shape index (κ1) is 13.9. The maximum Gasteiger partial charge on any atom is 0.254 e. The lowest BCUT2D eigenvalue weighted by Crippen LogP contribution is -2.24. The maximum absolute atomic E-state index is 13.9. The summed E-state index contributed by atoms with van der Waals surface area (Å²) in [5.41, 5.74) is 1.88. The van der Waals surface area contributed by atoms with Gasteiger partial charge in [-0.25, -0.2) is 9.37 Å². The normalized spacial score (nSPS) is 10.2. The number of aromatic nitrogens is 2. The van der Waals surface area contributed by atoms with Crippen molar-refractivity contribution in [1.29, 1.82) is 0 Å². The van der Waals surface area contributed by atoms with E-state index in [0.29, 0.717) is 6.54 Å². The molecule has 0 radical (unpaired) electrons. The number of carbonyl (C=O) groups is 1. The molecule has 20 heavy (non-hydrogen) atoms. The molecule has 1 amide bonds. The molecule has 2 rings (SSSR count). The van der Waals surface area contributed by atoms with E-state index in [1.807, 2.05) is 13.0 Å². The summed E-state index contributed by atoms with van der Waals surface area (Å²) in [6.45, 7) is 2.23. The number of aryl methyl sites for hydroxylation is 1. The van der Waals surface area contributed by atoms with Crippen molar-refractivity contribution in [2.24, 2.45) is 0 Å². The SMILES string of the molecule is CNc1nccc(C(=O)NCc2ccncc2C)c1F. The van der Waals surface area contributed by atoms with Gasteiger partial charge in [0.15, 0.2) is 11.6 Å². The van der Waals surface area contributed by atoms with Gasteiger partial charge in [-0.2, -0.15) is 0 Å². The minimum absolute atomic E-state index is 0.0314. The molecule has 0 saturated heterocycles. The van der Waals surface area contributed by atoms with Gasteiger partial charge in [-0.1, -0.05) is 0 Å². The third-order valence-electron chi connectivity index (χ3n) is 2.95. The molecule has 0 bridgehead atoms. The van der Waals surface area contributed by atoms with Gasteiger partial charge < -0.3 is 10.6 Å². The molecule has 2 aromatic rings. The number of hydrogen-bond acceptors (Lipinski definition) is 4. The van der Waals surface area contributed by atoms with Crippen LogP contribution in [0.3, 0.4) is 0 Å². The molecule has 0 fully saturated rings. The van der Waals surface area contributed by atoms with Crippen LogP contribution in [-0.4, -0.2) is 22.9 Å². The monoisotopic (exact) mass is 274 g/mol. The Balaban J connectivity index is 2.12. The molecule has 0 aliphatic carbocycles. The zero-order valence-corrected chi connectivity index (χ0v) is 11.3. The Labute approximate surface area is 116 Å². The fraction of sp³-hybridized carbons (Fsp3) is 0.214. The summed E-state index contributed by atoms with van der Waals surface area (Å²) >= 11 is 0. The van der Waals surface area contributed by atoms with Crippen LogP contribution in [0, 0.1) is 12.7 Å². The predicted octanol–water partition coefficient (Wildman–Crippen LogP) is 1.90. The highest BCUT2D eigenvalue weighted by Crippen LogP contribution is 2.14. The number of halogens is 1. The standard InChI is InChI=1S/C14H15FN4O/c1-9-7-17-5-3-10(9)8-19-14(20)11-4-6-18-13(16-2)12(11)15/h3-7H,8H2,1-2H3,(H,16,18)(H,19,20). The van der Waals surface area contributed by atoms with Crippen LogP contribution in [0.5, 0.6) is 0 Å². The zero-order valence-electron chi connectivity index (χ0n) is 11.3. The first-order valence-corrected chi connectivity index (χ1v) is 6.13. The van der Waals surface area contributed by atoms with Crippen LogP contribution >= 0.6 is 0 Å². The lowest BCUT2D eigenvalue weighted by molar-refractivity contribution is 0.0947. The average molecular weight is 274 g/mol. The summed E-state index contributed by atoms with van der Waals surface area (Å²) < 4.78 is 13.9. The van der Waals surface area contributed by atoms with Crippen LogP contribution in [0.4, 0.5) is 10.2 Å². The van der Waals surface area contributed by atoms with Crippen molar-refractivity contribution in [3.63, 3.8) is 0 Å². The number of anilines is 1. The number of rotatable bonds is 4. The fourth-order valence-electron chi connectivity index (χ4n) is 1.76. The third-order valence-corrected chi connectivity index (χ3v) is 2.95.